The molecule has 4 heteroatoms. The van der Waals surface area contributed by atoms with E-state index in [1.54, 1.807) is 45.0 Å². The summed E-state index contributed by atoms with van der Waals surface area (Å²) in [6.45, 7) is 6.81. The van der Waals surface area contributed by atoms with Crippen LogP contribution in [0.1, 0.15) is 48.4 Å². The van der Waals surface area contributed by atoms with Crippen LogP contribution >= 0.6 is 0 Å². The van der Waals surface area contributed by atoms with Crippen molar-refractivity contribution in [2.45, 2.75) is 33.3 Å². The normalized spacial score (nSPS) is 11.2. The highest BCUT2D eigenvalue weighted by Gasteiger charge is 2.18. The van der Waals surface area contributed by atoms with Crippen LogP contribution in [0.4, 0.5) is 4.39 Å². The Bertz CT molecular complexity index is 740. The number of carbonyl (C=O) groups is 2. The minimum Gasteiger partial charge on any atom is -0.456 e. The van der Waals surface area contributed by atoms with Gasteiger partial charge in [0, 0.05) is 11.1 Å². The summed E-state index contributed by atoms with van der Waals surface area (Å²) in [7, 11) is 0. The number of hydrogen-bond acceptors (Lipinski definition) is 3. The lowest BCUT2D eigenvalue weighted by Crippen LogP contribution is -2.23. The van der Waals surface area contributed by atoms with Gasteiger partial charge in [-0.05, 0) is 63.6 Å². The third-order valence-corrected chi connectivity index (χ3v) is 3.20. The van der Waals surface area contributed by atoms with E-state index >= 15 is 0 Å². The predicted octanol–water partition coefficient (Wildman–Crippen LogP) is 4.65. The molecule has 0 heterocycles. The number of ether oxygens (including phenoxy) is 1. The number of esters is 1. The first-order chi connectivity index (χ1) is 10.7. The van der Waals surface area contributed by atoms with Crippen LogP contribution in [0, 0.1) is 5.82 Å². The molecule has 0 aromatic heterocycles. The van der Waals surface area contributed by atoms with E-state index < -0.39 is 17.4 Å². The topological polar surface area (TPSA) is 43.4 Å². The first-order valence-electron chi connectivity index (χ1n) is 7.31. The number of carbonyl (C=O) groups excluding carboxylic acids is 2. The van der Waals surface area contributed by atoms with Gasteiger partial charge >= 0.3 is 5.97 Å². The number of halogens is 1. The van der Waals surface area contributed by atoms with Crippen LogP contribution in [-0.4, -0.2) is 17.4 Å². The maximum absolute atomic E-state index is 14.0. The van der Waals surface area contributed by atoms with Crippen LogP contribution in [-0.2, 0) is 4.74 Å². The Balaban J connectivity index is 2.31. The third-order valence-electron chi connectivity index (χ3n) is 3.20. The van der Waals surface area contributed by atoms with E-state index in [0.29, 0.717) is 22.3 Å². The summed E-state index contributed by atoms with van der Waals surface area (Å²) in [6.07, 6.45) is 0. The van der Waals surface area contributed by atoms with Crippen molar-refractivity contribution in [3.05, 3.63) is 59.4 Å². The van der Waals surface area contributed by atoms with Crippen molar-refractivity contribution < 1.29 is 18.7 Å². The number of Topliss-reactive ketones (excluding diaryl/α,β-unsaturated/α-hetero) is 1. The summed E-state index contributed by atoms with van der Waals surface area (Å²) in [4.78, 5) is 23.4. The van der Waals surface area contributed by atoms with Gasteiger partial charge in [0.1, 0.15) is 11.4 Å². The molecule has 2 aromatic rings. The highest BCUT2D eigenvalue weighted by atomic mass is 19.1. The molecule has 0 amide bonds. The smallest absolute Gasteiger partial charge is 0.338 e. The zero-order valence-corrected chi connectivity index (χ0v) is 13.6. The summed E-state index contributed by atoms with van der Waals surface area (Å²) in [5, 5.41) is 0. The molecule has 0 unspecified atom stereocenters. The van der Waals surface area contributed by atoms with E-state index in [0.717, 1.165) is 0 Å². The van der Waals surface area contributed by atoms with Crippen molar-refractivity contribution >= 4 is 11.8 Å². The van der Waals surface area contributed by atoms with Crippen molar-refractivity contribution in [2.24, 2.45) is 0 Å². The van der Waals surface area contributed by atoms with E-state index in [9.17, 15) is 14.0 Å². The molecule has 2 rings (SSSR count). The number of rotatable bonds is 3. The minimum atomic E-state index is -0.572. The Morgan fingerprint density at radius 3 is 2.04 bits per heavy atom. The van der Waals surface area contributed by atoms with Gasteiger partial charge in [-0.2, -0.15) is 0 Å². The summed E-state index contributed by atoms with van der Waals surface area (Å²) in [5.41, 5.74) is 1.19. The van der Waals surface area contributed by atoms with Crippen molar-refractivity contribution in [3.63, 3.8) is 0 Å². The van der Waals surface area contributed by atoms with Crippen molar-refractivity contribution in [3.8, 4) is 11.1 Å². The Labute approximate surface area is 135 Å². The Morgan fingerprint density at radius 2 is 1.52 bits per heavy atom. The van der Waals surface area contributed by atoms with Gasteiger partial charge in [0.15, 0.2) is 5.78 Å². The highest BCUT2D eigenvalue weighted by Crippen LogP contribution is 2.25. The predicted molar refractivity (Wildman–Crippen MR) is 87.0 cm³/mol. The second-order valence-corrected chi connectivity index (χ2v) is 6.33. The maximum Gasteiger partial charge on any atom is 0.338 e. The first-order valence-corrected chi connectivity index (χ1v) is 7.31. The zero-order valence-electron chi connectivity index (χ0n) is 13.6. The van der Waals surface area contributed by atoms with Crippen LogP contribution in [0.15, 0.2) is 42.5 Å². The molecule has 0 atom stereocenters. The van der Waals surface area contributed by atoms with Crippen molar-refractivity contribution in [1.29, 1.82) is 0 Å². The second-order valence-electron chi connectivity index (χ2n) is 6.33. The molecule has 0 fully saturated rings. The van der Waals surface area contributed by atoms with Gasteiger partial charge in [-0.15, -0.1) is 0 Å². The fraction of sp³-hybridized carbons (Fsp3) is 0.263. The molecule has 0 saturated heterocycles. The van der Waals surface area contributed by atoms with Gasteiger partial charge in [0.2, 0.25) is 0 Å². The minimum absolute atomic E-state index is 0.128. The Morgan fingerprint density at radius 1 is 0.957 bits per heavy atom. The molecule has 0 spiro atoms. The molecule has 3 nitrogen and oxygen atoms in total. The lowest BCUT2D eigenvalue weighted by molar-refractivity contribution is 0.00694. The van der Waals surface area contributed by atoms with Crippen LogP contribution in [0.25, 0.3) is 11.1 Å². The van der Waals surface area contributed by atoms with Crippen LogP contribution in [0.5, 0.6) is 0 Å². The maximum atomic E-state index is 14.0. The van der Waals surface area contributed by atoms with Gasteiger partial charge in [-0.25, -0.2) is 9.18 Å². The number of benzene rings is 2. The molecule has 0 aliphatic heterocycles. The average molecular weight is 314 g/mol. The fourth-order valence-corrected chi connectivity index (χ4v) is 2.09. The molecule has 0 N–H and O–H groups in total. The van der Waals surface area contributed by atoms with Gasteiger partial charge in [-0.1, -0.05) is 12.1 Å². The van der Waals surface area contributed by atoms with Crippen molar-refractivity contribution in [2.75, 3.05) is 0 Å². The quantitative estimate of drug-likeness (QED) is 0.612. The molecule has 23 heavy (non-hydrogen) atoms. The standard InChI is InChI=1S/C19H19FO3/c1-12(21)15-9-10-17(20)16(11-15)13-5-7-14(8-6-13)18(22)23-19(2,3)4/h5-11H,1-4H3. The van der Waals surface area contributed by atoms with E-state index in [1.165, 1.54) is 25.1 Å². The molecule has 0 bridgehead atoms. The van der Waals surface area contributed by atoms with Crippen LogP contribution in [0.2, 0.25) is 0 Å². The van der Waals surface area contributed by atoms with E-state index in [-0.39, 0.29) is 5.78 Å². The fourth-order valence-electron chi connectivity index (χ4n) is 2.09. The monoisotopic (exact) mass is 314 g/mol. The molecular formula is C19H19FO3. The summed E-state index contributed by atoms with van der Waals surface area (Å²) < 4.78 is 19.3. The molecule has 120 valence electrons. The third kappa shape index (κ3) is 4.25. The lowest BCUT2D eigenvalue weighted by Gasteiger charge is -2.19. The SMILES string of the molecule is CC(=O)c1ccc(F)c(-c2ccc(C(=O)OC(C)(C)C)cc2)c1. The van der Waals surface area contributed by atoms with Crippen LogP contribution in [0.3, 0.4) is 0 Å². The van der Waals surface area contributed by atoms with Gasteiger partial charge in [-0.3, -0.25) is 4.79 Å². The first kappa shape index (κ1) is 16.9. The Hall–Kier alpha value is -2.49. The average Bonchev–Trinajstić information content (AvgIpc) is 2.46. The summed E-state index contributed by atoms with van der Waals surface area (Å²) >= 11 is 0. The molecule has 2 aromatic carbocycles. The Kier molecular flexibility index (Phi) is 4.64. The zero-order chi connectivity index (χ0) is 17.2. The molecule has 0 saturated carbocycles. The van der Waals surface area contributed by atoms with Gasteiger partial charge in [0.25, 0.3) is 0 Å². The lowest BCUT2D eigenvalue weighted by atomic mass is 10.00. The van der Waals surface area contributed by atoms with E-state index in [1.807, 2.05) is 0 Å². The number of hydrogen-bond donors (Lipinski definition) is 0. The van der Waals surface area contributed by atoms with Gasteiger partial charge < -0.3 is 4.74 Å². The second kappa shape index (κ2) is 6.32. The number of ketones is 1. The van der Waals surface area contributed by atoms with E-state index in [4.69, 9.17) is 4.74 Å². The molecular weight excluding hydrogens is 295 g/mol. The van der Waals surface area contributed by atoms with Crippen molar-refractivity contribution in [1.82, 2.24) is 0 Å². The van der Waals surface area contributed by atoms with E-state index in [2.05, 4.69) is 0 Å². The molecule has 0 aliphatic carbocycles. The summed E-state index contributed by atoms with van der Waals surface area (Å²) in [6, 6.07) is 10.7. The molecule has 0 radical (unpaired) electrons. The summed E-state index contributed by atoms with van der Waals surface area (Å²) in [5.74, 6) is -0.973. The van der Waals surface area contributed by atoms with Crippen LogP contribution < -0.4 is 0 Å². The van der Waals surface area contributed by atoms with Gasteiger partial charge in [0.05, 0.1) is 5.56 Å². The highest BCUT2D eigenvalue weighted by molar-refractivity contribution is 5.95. The largest absolute Gasteiger partial charge is 0.456 e. The molecule has 0 aliphatic rings.